The fourth-order valence-electron chi connectivity index (χ4n) is 2.34. The van der Waals surface area contributed by atoms with Crippen LogP contribution in [0.4, 0.5) is 5.69 Å². The first-order valence-electron chi connectivity index (χ1n) is 6.20. The zero-order valence-electron chi connectivity index (χ0n) is 10.8. The van der Waals surface area contributed by atoms with Crippen molar-refractivity contribution in [2.45, 2.75) is 25.9 Å². The average Bonchev–Trinajstić information content (AvgIpc) is 2.38. The summed E-state index contributed by atoms with van der Waals surface area (Å²) in [6, 6.07) is 5.95. The first kappa shape index (κ1) is 13.6. The molecule has 0 radical (unpaired) electrons. The normalized spacial score (nSPS) is 16.9. The topological polar surface area (TPSA) is 29.5 Å². The Hall–Kier alpha value is -0.870. The van der Waals surface area contributed by atoms with Gasteiger partial charge in [0.05, 0.1) is 6.10 Å². The van der Waals surface area contributed by atoms with E-state index in [1.807, 2.05) is 18.2 Å². The number of hydrogen-bond donors (Lipinski definition) is 0. The van der Waals surface area contributed by atoms with E-state index in [0.717, 1.165) is 36.0 Å². The summed E-state index contributed by atoms with van der Waals surface area (Å²) < 4.78 is 6.25. The van der Waals surface area contributed by atoms with E-state index in [1.165, 1.54) is 5.69 Å². The summed E-state index contributed by atoms with van der Waals surface area (Å²) in [5, 5.41) is 0. The van der Waals surface area contributed by atoms with E-state index in [4.69, 9.17) is 4.74 Å². The molecule has 0 aromatic heterocycles. The van der Waals surface area contributed by atoms with Gasteiger partial charge in [0.15, 0.2) is 5.78 Å². The Kier molecular flexibility index (Phi) is 4.40. The van der Waals surface area contributed by atoms with Gasteiger partial charge < -0.3 is 9.64 Å². The highest BCUT2D eigenvalue weighted by molar-refractivity contribution is 9.10. The van der Waals surface area contributed by atoms with Crippen LogP contribution in [0.3, 0.4) is 0 Å². The van der Waals surface area contributed by atoms with Crippen LogP contribution in [0.25, 0.3) is 0 Å². The molecule has 3 nitrogen and oxygen atoms in total. The van der Waals surface area contributed by atoms with E-state index in [2.05, 4.69) is 20.8 Å². The van der Waals surface area contributed by atoms with Gasteiger partial charge in [0.2, 0.25) is 0 Å². The van der Waals surface area contributed by atoms with Crippen molar-refractivity contribution in [1.29, 1.82) is 0 Å². The Bertz CT molecular complexity index is 439. The molecule has 0 amide bonds. The number of carbonyl (C=O) groups excluding carboxylic acids is 1. The van der Waals surface area contributed by atoms with Crippen LogP contribution >= 0.6 is 15.9 Å². The number of anilines is 1. The standard InChI is InChI=1S/C14H18BrNO2/c1-10(17)13-4-3-11(9-14(13)15)16-7-5-12(18-2)6-8-16/h3-4,9,12H,5-8H2,1-2H3. The van der Waals surface area contributed by atoms with Crippen LogP contribution in [0.5, 0.6) is 0 Å². The van der Waals surface area contributed by atoms with Gasteiger partial charge in [0.25, 0.3) is 0 Å². The van der Waals surface area contributed by atoms with Crippen molar-refractivity contribution in [2.24, 2.45) is 0 Å². The molecule has 0 atom stereocenters. The Balaban J connectivity index is 2.11. The molecule has 0 unspecified atom stereocenters. The lowest BCUT2D eigenvalue weighted by molar-refractivity contribution is 0.0819. The molecule has 0 saturated carbocycles. The maximum atomic E-state index is 11.4. The third-order valence-electron chi connectivity index (χ3n) is 3.47. The molecule has 0 N–H and O–H groups in total. The van der Waals surface area contributed by atoms with Crippen LogP contribution in [0.2, 0.25) is 0 Å². The Labute approximate surface area is 116 Å². The predicted octanol–water partition coefficient (Wildman–Crippen LogP) is 3.27. The lowest BCUT2D eigenvalue weighted by Crippen LogP contribution is -2.36. The number of methoxy groups -OCH3 is 1. The molecule has 4 heteroatoms. The minimum absolute atomic E-state index is 0.0894. The summed E-state index contributed by atoms with van der Waals surface area (Å²) in [5.41, 5.74) is 1.91. The van der Waals surface area contributed by atoms with Crippen molar-refractivity contribution in [3.05, 3.63) is 28.2 Å². The molecule has 2 rings (SSSR count). The second kappa shape index (κ2) is 5.85. The Morgan fingerprint density at radius 2 is 2.06 bits per heavy atom. The molecule has 1 saturated heterocycles. The Morgan fingerprint density at radius 3 is 2.56 bits per heavy atom. The SMILES string of the molecule is COC1CCN(c2ccc(C(C)=O)c(Br)c2)CC1. The summed E-state index contributed by atoms with van der Waals surface area (Å²) in [7, 11) is 1.78. The maximum Gasteiger partial charge on any atom is 0.160 e. The van der Waals surface area contributed by atoms with Gasteiger partial charge in [-0.05, 0) is 53.9 Å². The summed E-state index contributed by atoms with van der Waals surface area (Å²) in [5.74, 6) is 0.0894. The number of piperidine rings is 1. The van der Waals surface area contributed by atoms with Crippen LogP contribution in [-0.4, -0.2) is 32.1 Å². The van der Waals surface area contributed by atoms with Crippen LogP contribution < -0.4 is 4.90 Å². The lowest BCUT2D eigenvalue weighted by Gasteiger charge is -2.33. The van der Waals surface area contributed by atoms with Gasteiger partial charge in [0.1, 0.15) is 0 Å². The second-order valence-corrected chi connectivity index (χ2v) is 5.50. The zero-order chi connectivity index (χ0) is 13.1. The van der Waals surface area contributed by atoms with Gasteiger partial charge in [-0.2, -0.15) is 0 Å². The van der Waals surface area contributed by atoms with Crippen molar-refractivity contribution in [3.8, 4) is 0 Å². The number of carbonyl (C=O) groups is 1. The van der Waals surface area contributed by atoms with E-state index >= 15 is 0 Å². The highest BCUT2D eigenvalue weighted by atomic mass is 79.9. The number of nitrogens with zero attached hydrogens (tertiary/aromatic N) is 1. The number of benzene rings is 1. The monoisotopic (exact) mass is 311 g/mol. The van der Waals surface area contributed by atoms with Gasteiger partial charge in [-0.3, -0.25) is 4.79 Å². The number of Topliss-reactive ketones (excluding diaryl/α,β-unsaturated/α-hetero) is 1. The summed E-state index contributed by atoms with van der Waals surface area (Å²) in [6.07, 6.45) is 2.51. The molecule has 98 valence electrons. The predicted molar refractivity (Wildman–Crippen MR) is 76.4 cm³/mol. The molecule has 1 heterocycles. The molecular formula is C14H18BrNO2. The average molecular weight is 312 g/mol. The van der Waals surface area contributed by atoms with Crippen molar-refractivity contribution in [3.63, 3.8) is 0 Å². The summed E-state index contributed by atoms with van der Waals surface area (Å²) in [6.45, 7) is 3.60. The van der Waals surface area contributed by atoms with Crippen LogP contribution in [0.15, 0.2) is 22.7 Å². The molecule has 0 aliphatic carbocycles. The highest BCUT2D eigenvalue weighted by Crippen LogP contribution is 2.27. The zero-order valence-corrected chi connectivity index (χ0v) is 12.4. The smallest absolute Gasteiger partial charge is 0.160 e. The van der Waals surface area contributed by atoms with Gasteiger partial charge in [-0.25, -0.2) is 0 Å². The second-order valence-electron chi connectivity index (χ2n) is 4.64. The van der Waals surface area contributed by atoms with Crippen molar-refractivity contribution < 1.29 is 9.53 Å². The molecular weight excluding hydrogens is 294 g/mol. The highest BCUT2D eigenvalue weighted by Gasteiger charge is 2.19. The minimum Gasteiger partial charge on any atom is -0.381 e. The van der Waals surface area contributed by atoms with E-state index in [-0.39, 0.29) is 5.78 Å². The fraction of sp³-hybridized carbons (Fsp3) is 0.500. The van der Waals surface area contributed by atoms with Crippen LogP contribution in [0.1, 0.15) is 30.1 Å². The van der Waals surface area contributed by atoms with Gasteiger partial charge in [-0.15, -0.1) is 0 Å². The lowest BCUT2D eigenvalue weighted by atomic mass is 10.1. The van der Waals surface area contributed by atoms with E-state index in [0.29, 0.717) is 6.10 Å². The van der Waals surface area contributed by atoms with Crippen molar-refractivity contribution in [2.75, 3.05) is 25.1 Å². The first-order valence-corrected chi connectivity index (χ1v) is 6.99. The van der Waals surface area contributed by atoms with Crippen molar-refractivity contribution in [1.82, 2.24) is 0 Å². The van der Waals surface area contributed by atoms with Crippen LogP contribution in [0, 0.1) is 0 Å². The first-order chi connectivity index (χ1) is 8.61. The fourth-order valence-corrected chi connectivity index (χ4v) is 2.98. The van der Waals surface area contributed by atoms with Gasteiger partial charge in [-0.1, -0.05) is 0 Å². The number of hydrogen-bond acceptors (Lipinski definition) is 3. The third kappa shape index (κ3) is 2.93. The number of rotatable bonds is 3. The molecule has 1 aromatic rings. The Morgan fingerprint density at radius 1 is 1.39 bits per heavy atom. The summed E-state index contributed by atoms with van der Waals surface area (Å²) in [4.78, 5) is 13.7. The minimum atomic E-state index is 0.0894. The molecule has 0 spiro atoms. The molecule has 1 aromatic carbocycles. The van der Waals surface area contributed by atoms with E-state index in [9.17, 15) is 4.79 Å². The third-order valence-corrected chi connectivity index (χ3v) is 4.13. The molecule has 1 aliphatic heterocycles. The number of ether oxygens (including phenoxy) is 1. The quantitative estimate of drug-likeness (QED) is 0.802. The molecule has 1 aliphatic rings. The molecule has 1 fully saturated rings. The number of halogens is 1. The van der Waals surface area contributed by atoms with Gasteiger partial charge in [0, 0.05) is 35.9 Å². The van der Waals surface area contributed by atoms with Crippen LogP contribution in [-0.2, 0) is 4.74 Å². The van der Waals surface area contributed by atoms with E-state index in [1.54, 1.807) is 14.0 Å². The van der Waals surface area contributed by atoms with Crippen molar-refractivity contribution >= 4 is 27.4 Å². The molecule has 0 bridgehead atoms. The number of ketones is 1. The maximum absolute atomic E-state index is 11.4. The largest absolute Gasteiger partial charge is 0.381 e. The van der Waals surface area contributed by atoms with Gasteiger partial charge >= 0.3 is 0 Å². The summed E-state index contributed by atoms with van der Waals surface area (Å²) >= 11 is 3.47. The van der Waals surface area contributed by atoms with E-state index < -0.39 is 0 Å². The molecule has 18 heavy (non-hydrogen) atoms.